The molecule has 3 aromatic rings. The Morgan fingerprint density at radius 1 is 1.13 bits per heavy atom. The SMILES string of the molecule is CCCCN(C(=O)Cc1cccc2ccccc12)c1c(N)n(CC(C)C)c(=O)[nH]c1=O. The quantitative estimate of drug-likeness (QED) is 0.581. The van der Waals surface area contributed by atoms with E-state index in [0.717, 1.165) is 22.8 Å². The number of fused-ring (bicyclic) bond motifs is 1. The molecule has 0 saturated carbocycles. The number of nitrogens with zero attached hydrogens (tertiary/aromatic N) is 2. The van der Waals surface area contributed by atoms with E-state index in [0.29, 0.717) is 19.5 Å². The lowest BCUT2D eigenvalue weighted by Crippen LogP contribution is -2.42. The Balaban J connectivity index is 2.05. The summed E-state index contributed by atoms with van der Waals surface area (Å²) in [5, 5.41) is 2.05. The third kappa shape index (κ3) is 4.87. The highest BCUT2D eigenvalue weighted by atomic mass is 16.2. The zero-order chi connectivity index (χ0) is 22.5. The Kier molecular flexibility index (Phi) is 6.95. The van der Waals surface area contributed by atoms with Crippen LogP contribution in [0.2, 0.25) is 0 Å². The average Bonchev–Trinajstić information content (AvgIpc) is 2.73. The van der Waals surface area contributed by atoms with Gasteiger partial charge in [0.1, 0.15) is 5.82 Å². The Hall–Kier alpha value is -3.35. The highest BCUT2D eigenvalue weighted by molar-refractivity contribution is 5.99. The minimum atomic E-state index is -0.634. The van der Waals surface area contributed by atoms with Gasteiger partial charge in [0.05, 0.1) is 6.42 Å². The van der Waals surface area contributed by atoms with Gasteiger partial charge >= 0.3 is 5.69 Å². The number of carbonyl (C=O) groups is 1. The fourth-order valence-corrected chi connectivity index (χ4v) is 3.77. The van der Waals surface area contributed by atoms with Gasteiger partial charge in [-0.05, 0) is 28.7 Å². The van der Waals surface area contributed by atoms with Crippen LogP contribution in [0.3, 0.4) is 0 Å². The normalized spacial score (nSPS) is 11.2. The van der Waals surface area contributed by atoms with Gasteiger partial charge < -0.3 is 10.6 Å². The van der Waals surface area contributed by atoms with Crippen molar-refractivity contribution in [3.8, 4) is 0 Å². The largest absolute Gasteiger partial charge is 0.383 e. The number of anilines is 2. The van der Waals surface area contributed by atoms with Crippen LogP contribution in [-0.2, 0) is 17.8 Å². The Labute approximate surface area is 181 Å². The Morgan fingerprint density at radius 2 is 1.84 bits per heavy atom. The molecule has 0 aliphatic rings. The van der Waals surface area contributed by atoms with Crippen molar-refractivity contribution < 1.29 is 4.79 Å². The number of hydrogen-bond donors (Lipinski definition) is 2. The zero-order valence-corrected chi connectivity index (χ0v) is 18.4. The summed E-state index contributed by atoms with van der Waals surface area (Å²) in [5.41, 5.74) is 6.02. The van der Waals surface area contributed by atoms with Crippen LogP contribution in [0.5, 0.6) is 0 Å². The first-order valence-corrected chi connectivity index (χ1v) is 10.7. The number of carbonyl (C=O) groups excluding carboxylic acids is 1. The van der Waals surface area contributed by atoms with Crippen molar-refractivity contribution >= 4 is 28.2 Å². The van der Waals surface area contributed by atoms with Gasteiger partial charge in [0, 0.05) is 13.1 Å². The van der Waals surface area contributed by atoms with Crippen LogP contribution in [0, 0.1) is 5.92 Å². The van der Waals surface area contributed by atoms with Crippen molar-refractivity contribution in [3.63, 3.8) is 0 Å². The number of hydrogen-bond acceptors (Lipinski definition) is 4. The van der Waals surface area contributed by atoms with Crippen LogP contribution in [-0.4, -0.2) is 22.0 Å². The second-order valence-electron chi connectivity index (χ2n) is 8.21. The maximum Gasteiger partial charge on any atom is 0.330 e. The molecule has 164 valence electrons. The standard InChI is InChI=1S/C24H30N4O3/c1-4-5-13-27(21-22(25)28(15-16(2)3)24(31)26-23(21)30)20(29)14-18-11-8-10-17-9-6-7-12-19(17)18/h6-12,16H,4-5,13-15,25H2,1-3H3,(H,26,30,31). The molecular formula is C24H30N4O3. The number of H-pyrrole nitrogens is 1. The summed E-state index contributed by atoms with van der Waals surface area (Å²) in [6, 6.07) is 13.7. The highest BCUT2D eigenvalue weighted by Crippen LogP contribution is 2.23. The molecule has 3 N–H and O–H groups in total. The van der Waals surface area contributed by atoms with Gasteiger partial charge in [-0.15, -0.1) is 0 Å². The van der Waals surface area contributed by atoms with E-state index in [9.17, 15) is 14.4 Å². The van der Waals surface area contributed by atoms with E-state index in [1.165, 1.54) is 9.47 Å². The Bertz CT molecular complexity index is 1190. The fraction of sp³-hybridized carbons (Fsp3) is 0.375. The molecule has 0 saturated heterocycles. The van der Waals surface area contributed by atoms with E-state index in [4.69, 9.17) is 5.73 Å². The van der Waals surface area contributed by atoms with Gasteiger partial charge in [-0.1, -0.05) is 69.7 Å². The first-order chi connectivity index (χ1) is 14.8. The van der Waals surface area contributed by atoms with E-state index in [-0.39, 0.29) is 29.8 Å². The van der Waals surface area contributed by atoms with Gasteiger partial charge in [0.2, 0.25) is 5.91 Å². The minimum Gasteiger partial charge on any atom is -0.383 e. The van der Waals surface area contributed by atoms with Crippen molar-refractivity contribution in [3.05, 3.63) is 68.9 Å². The van der Waals surface area contributed by atoms with Crippen molar-refractivity contribution in [2.75, 3.05) is 17.2 Å². The summed E-state index contributed by atoms with van der Waals surface area (Å²) in [6.45, 7) is 6.63. The summed E-state index contributed by atoms with van der Waals surface area (Å²) in [4.78, 5) is 42.2. The molecule has 7 nitrogen and oxygen atoms in total. The summed E-state index contributed by atoms with van der Waals surface area (Å²) >= 11 is 0. The van der Waals surface area contributed by atoms with Gasteiger partial charge in [-0.25, -0.2) is 4.79 Å². The summed E-state index contributed by atoms with van der Waals surface area (Å²) in [5.74, 6) is -0.0456. The van der Waals surface area contributed by atoms with Crippen LogP contribution in [0.15, 0.2) is 52.1 Å². The van der Waals surface area contributed by atoms with Gasteiger partial charge in [-0.2, -0.15) is 0 Å². The second kappa shape index (κ2) is 9.64. The summed E-state index contributed by atoms with van der Waals surface area (Å²) < 4.78 is 1.34. The molecule has 1 amide bonds. The molecule has 2 aromatic carbocycles. The molecule has 0 bridgehead atoms. The lowest BCUT2D eigenvalue weighted by Gasteiger charge is -2.25. The minimum absolute atomic E-state index is 0.0322. The van der Waals surface area contributed by atoms with E-state index >= 15 is 0 Å². The van der Waals surface area contributed by atoms with Crippen molar-refractivity contribution in [2.24, 2.45) is 5.92 Å². The van der Waals surface area contributed by atoms with Gasteiger partial charge in [0.25, 0.3) is 5.56 Å². The number of nitrogen functional groups attached to an aromatic ring is 1. The number of benzene rings is 2. The molecule has 0 radical (unpaired) electrons. The molecule has 0 aliphatic heterocycles. The lowest BCUT2D eigenvalue weighted by atomic mass is 10.0. The van der Waals surface area contributed by atoms with E-state index in [1.807, 2.05) is 63.2 Å². The number of aromatic amines is 1. The molecule has 0 fully saturated rings. The van der Waals surface area contributed by atoms with Crippen LogP contribution in [0.25, 0.3) is 10.8 Å². The molecular weight excluding hydrogens is 392 g/mol. The topological polar surface area (TPSA) is 101 Å². The molecule has 0 spiro atoms. The van der Waals surface area contributed by atoms with Crippen LogP contribution >= 0.6 is 0 Å². The Morgan fingerprint density at radius 3 is 2.55 bits per heavy atom. The molecule has 1 aromatic heterocycles. The third-order valence-electron chi connectivity index (χ3n) is 5.29. The monoisotopic (exact) mass is 422 g/mol. The first kappa shape index (κ1) is 22.3. The molecule has 7 heteroatoms. The van der Waals surface area contributed by atoms with Crippen LogP contribution in [0.4, 0.5) is 11.5 Å². The molecule has 3 rings (SSSR count). The van der Waals surface area contributed by atoms with Gasteiger partial charge in [-0.3, -0.25) is 19.1 Å². The van der Waals surface area contributed by atoms with Crippen molar-refractivity contribution in [2.45, 2.75) is 46.6 Å². The molecule has 1 heterocycles. The molecule has 31 heavy (non-hydrogen) atoms. The predicted molar refractivity (Wildman–Crippen MR) is 125 cm³/mol. The fourth-order valence-electron chi connectivity index (χ4n) is 3.77. The van der Waals surface area contributed by atoms with Crippen LogP contribution < -0.4 is 21.9 Å². The van der Waals surface area contributed by atoms with Gasteiger partial charge in [0.15, 0.2) is 5.69 Å². The molecule has 0 aliphatic carbocycles. The smallest absolute Gasteiger partial charge is 0.330 e. The third-order valence-corrected chi connectivity index (χ3v) is 5.29. The van der Waals surface area contributed by atoms with E-state index in [1.54, 1.807) is 0 Å². The maximum atomic E-state index is 13.4. The molecule has 0 unspecified atom stereocenters. The summed E-state index contributed by atoms with van der Waals surface area (Å²) in [7, 11) is 0. The number of nitrogens with two attached hydrogens (primary N) is 1. The maximum absolute atomic E-state index is 13.4. The number of nitrogens with one attached hydrogen (secondary N) is 1. The number of amides is 1. The van der Waals surface area contributed by atoms with Crippen molar-refractivity contribution in [1.82, 2.24) is 9.55 Å². The average molecular weight is 423 g/mol. The van der Waals surface area contributed by atoms with Crippen molar-refractivity contribution in [1.29, 1.82) is 0 Å². The van der Waals surface area contributed by atoms with Crippen LogP contribution in [0.1, 0.15) is 39.2 Å². The number of unbranched alkanes of at least 4 members (excludes halogenated alkanes) is 1. The second-order valence-corrected chi connectivity index (χ2v) is 8.21. The zero-order valence-electron chi connectivity index (χ0n) is 18.4. The number of aromatic nitrogens is 2. The predicted octanol–water partition coefficient (Wildman–Crippen LogP) is 3.30. The lowest BCUT2D eigenvalue weighted by molar-refractivity contribution is -0.118. The molecule has 0 atom stereocenters. The first-order valence-electron chi connectivity index (χ1n) is 10.7. The highest BCUT2D eigenvalue weighted by Gasteiger charge is 2.24. The van der Waals surface area contributed by atoms with E-state index in [2.05, 4.69) is 4.98 Å². The van der Waals surface area contributed by atoms with E-state index < -0.39 is 11.2 Å². The number of rotatable bonds is 8. The summed E-state index contributed by atoms with van der Waals surface area (Å²) in [6.07, 6.45) is 1.69.